The highest BCUT2D eigenvalue weighted by Crippen LogP contribution is 2.24. The van der Waals surface area contributed by atoms with Crippen molar-refractivity contribution in [3.63, 3.8) is 0 Å². The molecule has 0 spiro atoms. The number of hydrogen-bond donors (Lipinski definition) is 0. The Bertz CT molecular complexity index is 95.7. The van der Waals surface area contributed by atoms with Crippen molar-refractivity contribution in [2.75, 3.05) is 20.8 Å². The number of hydrogen-bond acceptors (Lipinski definition) is 2. The average molecular weight is 159 g/mol. The van der Waals surface area contributed by atoms with E-state index in [0.29, 0.717) is 0 Å². The van der Waals surface area contributed by atoms with Crippen LogP contribution in [0.15, 0.2) is 0 Å². The summed E-state index contributed by atoms with van der Waals surface area (Å²) in [5.41, 5.74) is 0.0677. The van der Waals surface area contributed by atoms with Gasteiger partial charge in [0.2, 0.25) is 0 Å². The van der Waals surface area contributed by atoms with Gasteiger partial charge in [0.15, 0.2) is 0 Å². The Morgan fingerprint density at radius 3 is 2.18 bits per heavy atom. The van der Waals surface area contributed by atoms with E-state index in [9.17, 15) is 0 Å². The molecule has 68 valence electrons. The lowest BCUT2D eigenvalue weighted by Crippen LogP contribution is -2.34. The summed E-state index contributed by atoms with van der Waals surface area (Å²) in [6.45, 7) is 6.98. The van der Waals surface area contributed by atoms with Crippen molar-refractivity contribution in [1.82, 2.24) is 0 Å². The first kappa shape index (κ1) is 10.9. The van der Waals surface area contributed by atoms with E-state index < -0.39 is 0 Å². The van der Waals surface area contributed by atoms with E-state index in [-0.39, 0.29) is 11.5 Å². The molecule has 0 heterocycles. The average Bonchev–Trinajstić information content (AvgIpc) is 1.89. The van der Waals surface area contributed by atoms with E-state index >= 15 is 0 Å². The third-order valence-electron chi connectivity index (χ3n) is 1.84. The summed E-state index contributed by atoms with van der Waals surface area (Å²) >= 11 is 0. The highest BCUT2D eigenvalue weighted by atomic mass is 16.5. The summed E-state index contributed by atoms with van der Waals surface area (Å²) < 4.78 is 10.4. The first-order valence-corrected chi connectivity index (χ1v) is 3.89. The lowest BCUT2D eigenvalue weighted by molar-refractivity contribution is -0.0162. The fourth-order valence-corrected chi connectivity index (χ4v) is 1.36. The Kier molecular flexibility index (Phi) is 4.69. The minimum atomic E-state index is 0.0677. The largest absolute Gasteiger partial charge is 0.413 e. The van der Waals surface area contributed by atoms with Gasteiger partial charge in [0.05, 0.1) is 6.61 Å². The summed E-state index contributed by atoms with van der Waals surface area (Å²) in [4.78, 5) is 0. The SMILES string of the molecule is C[CH-]C(OC)C(C)(C)COC. The molecule has 0 N–H and O–H groups in total. The monoisotopic (exact) mass is 159 g/mol. The van der Waals surface area contributed by atoms with Gasteiger partial charge in [-0.1, -0.05) is 20.0 Å². The van der Waals surface area contributed by atoms with Gasteiger partial charge >= 0.3 is 0 Å². The Morgan fingerprint density at radius 2 is 1.91 bits per heavy atom. The minimum absolute atomic E-state index is 0.0677. The number of rotatable bonds is 5. The van der Waals surface area contributed by atoms with Crippen molar-refractivity contribution in [2.24, 2.45) is 5.41 Å². The molecular weight excluding hydrogens is 140 g/mol. The fourth-order valence-electron chi connectivity index (χ4n) is 1.36. The van der Waals surface area contributed by atoms with Crippen LogP contribution in [0.3, 0.4) is 0 Å². The zero-order valence-corrected chi connectivity index (χ0v) is 8.18. The summed E-state index contributed by atoms with van der Waals surface area (Å²) in [7, 11) is 3.44. The molecular formula is C9H19O2-. The second-order valence-electron chi connectivity index (χ2n) is 3.41. The van der Waals surface area contributed by atoms with Crippen molar-refractivity contribution in [2.45, 2.75) is 26.9 Å². The van der Waals surface area contributed by atoms with Gasteiger partial charge in [-0.3, -0.25) is 0 Å². The van der Waals surface area contributed by atoms with Crippen LogP contribution in [0.5, 0.6) is 0 Å². The molecule has 1 unspecified atom stereocenters. The molecule has 0 aliphatic carbocycles. The normalized spacial score (nSPS) is 15.0. The molecule has 0 fully saturated rings. The van der Waals surface area contributed by atoms with Gasteiger partial charge in [0, 0.05) is 14.2 Å². The third-order valence-corrected chi connectivity index (χ3v) is 1.84. The van der Waals surface area contributed by atoms with Crippen LogP contribution < -0.4 is 0 Å². The molecule has 0 aliphatic heterocycles. The molecule has 0 saturated carbocycles. The highest BCUT2D eigenvalue weighted by Gasteiger charge is 2.22. The summed E-state index contributed by atoms with van der Waals surface area (Å²) in [6, 6.07) is 0. The molecule has 0 amide bonds. The second-order valence-corrected chi connectivity index (χ2v) is 3.41. The maximum atomic E-state index is 5.28. The number of methoxy groups -OCH3 is 2. The van der Waals surface area contributed by atoms with E-state index in [1.165, 1.54) is 0 Å². The Balaban J connectivity index is 4.00. The first-order chi connectivity index (χ1) is 5.08. The van der Waals surface area contributed by atoms with E-state index in [1.54, 1.807) is 14.2 Å². The maximum absolute atomic E-state index is 5.28. The summed E-state index contributed by atoms with van der Waals surface area (Å²) in [5.74, 6) is 0. The van der Waals surface area contributed by atoms with Gasteiger partial charge in [0.1, 0.15) is 0 Å². The van der Waals surface area contributed by atoms with Gasteiger partial charge in [-0.15, -0.1) is 0 Å². The van der Waals surface area contributed by atoms with Gasteiger partial charge in [-0.2, -0.15) is 6.92 Å². The Morgan fingerprint density at radius 1 is 1.36 bits per heavy atom. The quantitative estimate of drug-likeness (QED) is 0.570. The van der Waals surface area contributed by atoms with Crippen molar-refractivity contribution < 1.29 is 9.47 Å². The molecule has 2 nitrogen and oxygen atoms in total. The predicted molar refractivity (Wildman–Crippen MR) is 46.4 cm³/mol. The molecule has 11 heavy (non-hydrogen) atoms. The topological polar surface area (TPSA) is 18.5 Å². The fraction of sp³-hybridized carbons (Fsp3) is 0.889. The zero-order chi connectivity index (χ0) is 8.91. The van der Waals surface area contributed by atoms with Crippen LogP contribution in [0.25, 0.3) is 0 Å². The van der Waals surface area contributed by atoms with Crippen LogP contribution in [0, 0.1) is 11.8 Å². The zero-order valence-electron chi connectivity index (χ0n) is 8.18. The van der Waals surface area contributed by atoms with E-state index in [4.69, 9.17) is 9.47 Å². The second kappa shape index (κ2) is 4.73. The molecule has 0 saturated heterocycles. The summed E-state index contributed by atoms with van der Waals surface area (Å²) in [5, 5.41) is 0. The van der Waals surface area contributed by atoms with Crippen molar-refractivity contribution in [1.29, 1.82) is 0 Å². The van der Waals surface area contributed by atoms with E-state index in [1.807, 2.05) is 6.92 Å². The van der Waals surface area contributed by atoms with Crippen LogP contribution in [0.2, 0.25) is 0 Å². The smallest absolute Gasteiger partial charge is 0.0511 e. The minimum Gasteiger partial charge on any atom is -0.413 e. The van der Waals surface area contributed by atoms with Crippen LogP contribution in [-0.4, -0.2) is 26.9 Å². The number of ether oxygens (including phenoxy) is 2. The Labute approximate surface area is 69.9 Å². The van der Waals surface area contributed by atoms with Crippen LogP contribution in [-0.2, 0) is 9.47 Å². The molecule has 0 aromatic carbocycles. The maximum Gasteiger partial charge on any atom is 0.0511 e. The molecule has 0 aromatic heterocycles. The Hall–Kier alpha value is -0.0800. The van der Waals surface area contributed by atoms with Crippen molar-refractivity contribution in [3.05, 3.63) is 6.42 Å². The molecule has 0 radical (unpaired) electrons. The van der Waals surface area contributed by atoms with Gasteiger partial charge in [-0.05, 0) is 5.41 Å². The molecule has 2 heteroatoms. The van der Waals surface area contributed by atoms with Crippen molar-refractivity contribution >= 4 is 0 Å². The molecule has 0 aromatic rings. The van der Waals surface area contributed by atoms with Gasteiger partial charge < -0.3 is 15.9 Å². The van der Waals surface area contributed by atoms with Gasteiger partial charge in [-0.25, -0.2) is 0 Å². The first-order valence-electron chi connectivity index (χ1n) is 3.89. The lowest BCUT2D eigenvalue weighted by Gasteiger charge is -2.38. The van der Waals surface area contributed by atoms with E-state index in [2.05, 4.69) is 20.3 Å². The van der Waals surface area contributed by atoms with E-state index in [0.717, 1.165) is 6.61 Å². The van der Waals surface area contributed by atoms with Gasteiger partial charge in [0.25, 0.3) is 0 Å². The highest BCUT2D eigenvalue weighted by molar-refractivity contribution is 4.86. The molecule has 0 bridgehead atoms. The van der Waals surface area contributed by atoms with Crippen LogP contribution in [0.4, 0.5) is 0 Å². The molecule has 0 aliphatic rings. The van der Waals surface area contributed by atoms with Crippen molar-refractivity contribution in [3.8, 4) is 0 Å². The predicted octanol–water partition coefficient (Wildman–Crippen LogP) is 1.90. The molecule has 0 rings (SSSR count). The lowest BCUT2D eigenvalue weighted by atomic mass is 9.86. The standard InChI is InChI=1S/C9H19O2/c1-6-8(11-5)9(2,3)7-10-4/h6,8H,7H2,1-5H3/q-1. The third kappa shape index (κ3) is 3.21. The summed E-state index contributed by atoms with van der Waals surface area (Å²) in [6.07, 6.45) is 2.22. The molecule has 1 atom stereocenters. The van der Waals surface area contributed by atoms with Crippen LogP contribution >= 0.6 is 0 Å². The van der Waals surface area contributed by atoms with Crippen LogP contribution in [0.1, 0.15) is 20.8 Å².